The Kier molecular flexibility index (Phi) is 4.56. The molecule has 4 heteroatoms. The molecule has 0 spiro atoms. The quantitative estimate of drug-likeness (QED) is 0.716. The van der Waals surface area contributed by atoms with E-state index in [0.717, 1.165) is 11.3 Å². The molecule has 3 aromatic rings. The number of fused-ring (bicyclic) bond motifs is 1. The van der Waals surface area contributed by atoms with E-state index < -0.39 is 6.10 Å². The van der Waals surface area contributed by atoms with Gasteiger partial charge in [-0.1, -0.05) is 60.7 Å². The highest BCUT2D eigenvalue weighted by atomic mass is 16.6. The van der Waals surface area contributed by atoms with Crippen LogP contribution in [0.1, 0.15) is 5.56 Å². The summed E-state index contributed by atoms with van der Waals surface area (Å²) in [6.45, 7) is 0.680. The van der Waals surface area contributed by atoms with Gasteiger partial charge in [-0.15, -0.1) is 0 Å². The molecule has 0 saturated carbocycles. The standard InChI is InChI=1S/C22H19NO3/c24-22(21-16-25-19-13-7-8-14-20(19)26-21)23(18-11-5-2-6-12-18)15-17-9-3-1-4-10-17/h1-14,21H,15-16H2. The molecule has 4 rings (SSSR count). The third kappa shape index (κ3) is 3.40. The van der Waals surface area contributed by atoms with Gasteiger partial charge in [-0.25, -0.2) is 0 Å². The second-order valence-electron chi connectivity index (χ2n) is 6.11. The van der Waals surface area contributed by atoms with Crippen LogP contribution in [-0.2, 0) is 11.3 Å². The van der Waals surface area contributed by atoms with Gasteiger partial charge in [0.25, 0.3) is 5.91 Å². The van der Waals surface area contributed by atoms with Crippen molar-refractivity contribution >= 4 is 11.6 Å². The van der Waals surface area contributed by atoms with Crippen LogP contribution in [0.3, 0.4) is 0 Å². The fourth-order valence-corrected chi connectivity index (χ4v) is 2.99. The van der Waals surface area contributed by atoms with Gasteiger partial charge in [-0.2, -0.15) is 0 Å². The van der Waals surface area contributed by atoms with E-state index in [4.69, 9.17) is 9.47 Å². The zero-order valence-corrected chi connectivity index (χ0v) is 14.2. The van der Waals surface area contributed by atoms with Crippen molar-refractivity contribution in [2.75, 3.05) is 11.5 Å². The van der Waals surface area contributed by atoms with E-state index in [2.05, 4.69) is 0 Å². The topological polar surface area (TPSA) is 38.8 Å². The minimum atomic E-state index is -0.672. The molecule has 0 saturated heterocycles. The first kappa shape index (κ1) is 16.2. The number of hydrogen-bond acceptors (Lipinski definition) is 3. The van der Waals surface area contributed by atoms with Crippen LogP contribution >= 0.6 is 0 Å². The molecule has 0 fully saturated rings. The lowest BCUT2D eigenvalue weighted by molar-refractivity contribution is -0.127. The molecule has 0 aliphatic carbocycles. The maximum atomic E-state index is 13.2. The molecule has 1 aliphatic heterocycles. The van der Waals surface area contributed by atoms with Crippen LogP contribution in [0.15, 0.2) is 84.9 Å². The van der Waals surface area contributed by atoms with E-state index in [1.54, 1.807) is 4.90 Å². The molecule has 0 radical (unpaired) electrons. The van der Waals surface area contributed by atoms with Crippen molar-refractivity contribution in [2.24, 2.45) is 0 Å². The van der Waals surface area contributed by atoms with Crippen molar-refractivity contribution in [3.05, 3.63) is 90.5 Å². The number of benzene rings is 3. The summed E-state index contributed by atoms with van der Waals surface area (Å²) in [6, 6.07) is 27.0. The molecule has 1 heterocycles. The van der Waals surface area contributed by atoms with Gasteiger partial charge in [0.2, 0.25) is 6.10 Å². The van der Waals surface area contributed by atoms with Crippen molar-refractivity contribution in [3.63, 3.8) is 0 Å². The maximum Gasteiger partial charge on any atom is 0.271 e. The molecular formula is C22H19NO3. The van der Waals surface area contributed by atoms with Gasteiger partial charge in [0, 0.05) is 5.69 Å². The van der Waals surface area contributed by atoms with Gasteiger partial charge in [0.05, 0.1) is 6.54 Å². The number of nitrogens with zero attached hydrogens (tertiary/aromatic N) is 1. The molecule has 130 valence electrons. The Morgan fingerprint density at radius 3 is 2.19 bits per heavy atom. The van der Waals surface area contributed by atoms with E-state index in [0.29, 0.717) is 18.0 Å². The zero-order chi connectivity index (χ0) is 17.8. The first-order valence-corrected chi connectivity index (χ1v) is 8.60. The summed E-state index contributed by atoms with van der Waals surface area (Å²) < 4.78 is 11.6. The van der Waals surface area contributed by atoms with Crippen LogP contribution in [0.25, 0.3) is 0 Å². The van der Waals surface area contributed by atoms with Gasteiger partial charge in [-0.05, 0) is 29.8 Å². The SMILES string of the molecule is O=C(C1COc2ccccc2O1)N(Cc1ccccc1)c1ccccc1. The Morgan fingerprint density at radius 1 is 0.846 bits per heavy atom. The molecule has 1 aliphatic rings. The minimum absolute atomic E-state index is 0.116. The summed E-state index contributed by atoms with van der Waals surface area (Å²) in [5, 5.41) is 0. The second-order valence-corrected chi connectivity index (χ2v) is 6.11. The Morgan fingerprint density at radius 2 is 1.46 bits per heavy atom. The molecule has 1 amide bonds. The normalized spacial score (nSPS) is 15.3. The van der Waals surface area contributed by atoms with Crippen LogP contribution < -0.4 is 14.4 Å². The number of carbonyl (C=O) groups is 1. The van der Waals surface area contributed by atoms with Crippen molar-refractivity contribution in [2.45, 2.75) is 12.6 Å². The van der Waals surface area contributed by atoms with Crippen LogP contribution in [0.5, 0.6) is 11.5 Å². The maximum absolute atomic E-state index is 13.2. The smallest absolute Gasteiger partial charge is 0.271 e. The van der Waals surface area contributed by atoms with E-state index >= 15 is 0 Å². The highest BCUT2D eigenvalue weighted by Crippen LogP contribution is 2.32. The summed E-state index contributed by atoms with van der Waals surface area (Å²) >= 11 is 0. The molecule has 0 aromatic heterocycles. The lowest BCUT2D eigenvalue weighted by atomic mass is 10.1. The minimum Gasteiger partial charge on any atom is -0.485 e. The number of ether oxygens (including phenoxy) is 2. The average molecular weight is 345 g/mol. The predicted octanol–water partition coefficient (Wildman–Crippen LogP) is 4.06. The van der Waals surface area contributed by atoms with Crippen LogP contribution in [0.2, 0.25) is 0 Å². The molecule has 0 bridgehead atoms. The largest absolute Gasteiger partial charge is 0.485 e. The molecule has 26 heavy (non-hydrogen) atoms. The van der Waals surface area contributed by atoms with E-state index in [1.807, 2.05) is 84.9 Å². The lowest BCUT2D eigenvalue weighted by Gasteiger charge is -2.31. The second kappa shape index (κ2) is 7.31. The average Bonchev–Trinajstić information content (AvgIpc) is 2.72. The molecule has 3 aromatic carbocycles. The number of rotatable bonds is 4. The van der Waals surface area contributed by atoms with Gasteiger partial charge in [-0.3, -0.25) is 4.79 Å². The lowest BCUT2D eigenvalue weighted by Crippen LogP contribution is -2.46. The number of hydrogen-bond donors (Lipinski definition) is 0. The van der Waals surface area contributed by atoms with Gasteiger partial charge in [0.1, 0.15) is 6.61 Å². The molecule has 1 unspecified atom stereocenters. The monoisotopic (exact) mass is 345 g/mol. The molecular weight excluding hydrogens is 326 g/mol. The Bertz CT molecular complexity index is 880. The Balaban J connectivity index is 1.60. The number of amides is 1. The third-order valence-electron chi connectivity index (χ3n) is 4.30. The van der Waals surface area contributed by atoms with Crippen molar-refractivity contribution in [3.8, 4) is 11.5 Å². The highest BCUT2D eigenvalue weighted by Gasteiger charge is 2.31. The first-order valence-electron chi connectivity index (χ1n) is 8.60. The van der Waals surface area contributed by atoms with Crippen LogP contribution in [-0.4, -0.2) is 18.6 Å². The molecule has 4 nitrogen and oxygen atoms in total. The Labute approximate surface area is 152 Å². The number of anilines is 1. The van der Waals surface area contributed by atoms with Gasteiger partial charge < -0.3 is 14.4 Å². The van der Waals surface area contributed by atoms with Crippen molar-refractivity contribution in [1.29, 1.82) is 0 Å². The van der Waals surface area contributed by atoms with Crippen LogP contribution in [0, 0.1) is 0 Å². The summed E-state index contributed by atoms with van der Waals surface area (Å²) in [6.07, 6.45) is -0.672. The summed E-state index contributed by atoms with van der Waals surface area (Å²) in [7, 11) is 0. The van der Waals surface area contributed by atoms with E-state index in [-0.39, 0.29) is 12.5 Å². The van der Waals surface area contributed by atoms with E-state index in [1.165, 1.54) is 0 Å². The zero-order valence-electron chi connectivity index (χ0n) is 14.2. The van der Waals surface area contributed by atoms with Gasteiger partial charge >= 0.3 is 0 Å². The Hall–Kier alpha value is -3.27. The van der Waals surface area contributed by atoms with Gasteiger partial charge in [0.15, 0.2) is 11.5 Å². The summed E-state index contributed by atoms with van der Waals surface area (Å²) in [5.74, 6) is 1.16. The molecule has 0 N–H and O–H groups in total. The van der Waals surface area contributed by atoms with Crippen molar-refractivity contribution in [1.82, 2.24) is 0 Å². The van der Waals surface area contributed by atoms with E-state index in [9.17, 15) is 4.79 Å². The first-order chi connectivity index (χ1) is 12.8. The summed E-state index contributed by atoms with van der Waals surface area (Å²) in [5.41, 5.74) is 1.89. The molecule has 1 atom stereocenters. The number of carbonyl (C=O) groups excluding carboxylic acids is 1. The van der Waals surface area contributed by atoms with Crippen LogP contribution in [0.4, 0.5) is 5.69 Å². The fourth-order valence-electron chi connectivity index (χ4n) is 2.99. The highest BCUT2D eigenvalue weighted by molar-refractivity contribution is 5.97. The van der Waals surface area contributed by atoms with Crippen molar-refractivity contribution < 1.29 is 14.3 Å². The summed E-state index contributed by atoms with van der Waals surface area (Å²) in [4.78, 5) is 15.0. The predicted molar refractivity (Wildman–Crippen MR) is 100 cm³/mol. The number of para-hydroxylation sites is 3. The fraction of sp³-hybridized carbons (Fsp3) is 0.136. The third-order valence-corrected chi connectivity index (χ3v) is 4.30.